The normalized spacial score (nSPS) is 12.5. The van der Waals surface area contributed by atoms with E-state index in [1.165, 1.54) is 0 Å². The molecule has 0 fully saturated rings. The second kappa shape index (κ2) is 18.8. The Morgan fingerprint density at radius 2 is 1.33 bits per heavy atom. The molecule has 1 atom stereocenters. The van der Waals surface area contributed by atoms with E-state index in [0.29, 0.717) is 6.42 Å². The van der Waals surface area contributed by atoms with Crippen LogP contribution in [0.25, 0.3) is 0 Å². The summed E-state index contributed by atoms with van der Waals surface area (Å²) in [7, 11) is -4.15. The predicted octanol–water partition coefficient (Wildman–Crippen LogP) is 4.36. The van der Waals surface area contributed by atoms with Gasteiger partial charge in [0.05, 0.1) is 19.4 Å². The molecule has 0 aliphatic rings. The predicted molar refractivity (Wildman–Crippen MR) is 115 cm³/mol. The van der Waals surface area contributed by atoms with Crippen LogP contribution >= 0.6 is 7.60 Å². The molecule has 0 heterocycles. The van der Waals surface area contributed by atoms with Crippen LogP contribution in [0.1, 0.15) is 90.9 Å². The maximum atomic E-state index is 12.1. The summed E-state index contributed by atoms with van der Waals surface area (Å²) in [5.41, 5.74) is 0. The summed E-state index contributed by atoms with van der Waals surface area (Å²) >= 11 is 0. The SMILES string of the molecule is CCCCCCCC(=O)OC[C@H](COCCP(=O)(O)O)OC(=O)CCCCCCC. The lowest BCUT2D eigenvalue weighted by atomic mass is 10.1. The summed E-state index contributed by atoms with van der Waals surface area (Å²) in [6.07, 6.45) is 9.57. The van der Waals surface area contributed by atoms with Crippen LogP contribution in [0.5, 0.6) is 0 Å². The quantitative estimate of drug-likeness (QED) is 0.159. The molecule has 0 aliphatic heterocycles. The van der Waals surface area contributed by atoms with Gasteiger partial charge in [0.25, 0.3) is 0 Å². The first kappa shape index (κ1) is 29.1. The van der Waals surface area contributed by atoms with Crippen LogP contribution in [-0.2, 0) is 28.4 Å². The van der Waals surface area contributed by atoms with Crippen molar-refractivity contribution in [3.05, 3.63) is 0 Å². The first-order chi connectivity index (χ1) is 14.3. The molecule has 178 valence electrons. The minimum Gasteiger partial charge on any atom is -0.462 e. The van der Waals surface area contributed by atoms with E-state index in [1.54, 1.807) is 0 Å². The van der Waals surface area contributed by atoms with E-state index in [0.717, 1.165) is 64.2 Å². The van der Waals surface area contributed by atoms with Crippen molar-refractivity contribution in [1.82, 2.24) is 0 Å². The van der Waals surface area contributed by atoms with Crippen LogP contribution in [0.3, 0.4) is 0 Å². The molecule has 8 nitrogen and oxygen atoms in total. The van der Waals surface area contributed by atoms with Crippen molar-refractivity contribution in [2.45, 2.75) is 97.0 Å². The summed E-state index contributed by atoms with van der Waals surface area (Å²) in [4.78, 5) is 41.7. The van der Waals surface area contributed by atoms with Crippen molar-refractivity contribution < 1.29 is 38.2 Å². The Hall–Kier alpha value is -0.950. The number of carbonyl (C=O) groups is 2. The molecule has 2 N–H and O–H groups in total. The summed E-state index contributed by atoms with van der Waals surface area (Å²) < 4.78 is 26.7. The molecular formula is C21H41O8P. The molecule has 0 rings (SSSR count). The van der Waals surface area contributed by atoms with Crippen molar-refractivity contribution in [2.24, 2.45) is 0 Å². The fourth-order valence-corrected chi connectivity index (χ4v) is 3.13. The van der Waals surface area contributed by atoms with E-state index >= 15 is 0 Å². The van der Waals surface area contributed by atoms with Gasteiger partial charge in [-0.1, -0.05) is 65.2 Å². The second-order valence-corrected chi connectivity index (χ2v) is 9.36. The van der Waals surface area contributed by atoms with Gasteiger partial charge in [0.1, 0.15) is 6.61 Å². The lowest BCUT2D eigenvalue weighted by Crippen LogP contribution is -2.30. The average Bonchev–Trinajstić information content (AvgIpc) is 2.68. The third-order valence-corrected chi connectivity index (χ3v) is 5.29. The van der Waals surface area contributed by atoms with Gasteiger partial charge in [0, 0.05) is 12.8 Å². The van der Waals surface area contributed by atoms with Crippen LogP contribution in [0.15, 0.2) is 0 Å². The van der Waals surface area contributed by atoms with E-state index < -0.39 is 19.9 Å². The highest BCUT2D eigenvalue weighted by atomic mass is 31.2. The number of ether oxygens (including phenoxy) is 3. The van der Waals surface area contributed by atoms with Crippen molar-refractivity contribution >= 4 is 19.5 Å². The van der Waals surface area contributed by atoms with Gasteiger partial charge in [0.2, 0.25) is 0 Å². The highest BCUT2D eigenvalue weighted by molar-refractivity contribution is 7.51. The fraction of sp³-hybridized carbons (Fsp3) is 0.905. The lowest BCUT2D eigenvalue weighted by molar-refractivity contribution is -0.162. The van der Waals surface area contributed by atoms with Crippen molar-refractivity contribution in [3.63, 3.8) is 0 Å². The van der Waals surface area contributed by atoms with Crippen LogP contribution in [0, 0.1) is 0 Å². The Labute approximate surface area is 181 Å². The molecule has 0 aromatic carbocycles. The molecule has 0 aliphatic carbocycles. The van der Waals surface area contributed by atoms with Crippen LogP contribution in [0.2, 0.25) is 0 Å². The van der Waals surface area contributed by atoms with Crippen molar-refractivity contribution in [1.29, 1.82) is 0 Å². The summed E-state index contributed by atoms with van der Waals surface area (Å²) in [5, 5.41) is 0. The molecular weight excluding hydrogens is 411 g/mol. The number of hydrogen-bond acceptors (Lipinski definition) is 6. The van der Waals surface area contributed by atoms with Gasteiger partial charge in [-0.2, -0.15) is 0 Å². The molecule has 0 saturated heterocycles. The zero-order valence-corrected chi connectivity index (χ0v) is 19.6. The summed E-state index contributed by atoms with van der Waals surface area (Å²) in [6.45, 7) is 3.89. The maximum Gasteiger partial charge on any atom is 0.327 e. The number of esters is 2. The van der Waals surface area contributed by atoms with Gasteiger partial charge in [-0.05, 0) is 12.8 Å². The van der Waals surface area contributed by atoms with E-state index in [-0.39, 0.29) is 38.2 Å². The molecule has 0 radical (unpaired) electrons. The van der Waals surface area contributed by atoms with Gasteiger partial charge in [-0.15, -0.1) is 0 Å². The van der Waals surface area contributed by atoms with Gasteiger partial charge in [-0.25, -0.2) is 0 Å². The molecule has 0 aromatic rings. The zero-order chi connectivity index (χ0) is 22.7. The highest BCUT2D eigenvalue weighted by Crippen LogP contribution is 2.33. The minimum absolute atomic E-state index is 0.0780. The standard InChI is InChI=1S/C21H41O8P/c1-3-5-7-9-11-13-20(22)28-18-19(17-27-15-16-30(24,25)26)29-21(23)14-12-10-8-6-4-2/h19H,3-18H2,1-2H3,(H2,24,25,26)/t19-/m0/s1. The molecule has 30 heavy (non-hydrogen) atoms. The Balaban J connectivity index is 4.30. The maximum absolute atomic E-state index is 12.1. The molecule has 9 heteroatoms. The largest absolute Gasteiger partial charge is 0.462 e. The first-order valence-corrected chi connectivity index (χ1v) is 13.1. The first-order valence-electron chi connectivity index (χ1n) is 11.3. The van der Waals surface area contributed by atoms with E-state index in [9.17, 15) is 14.2 Å². The van der Waals surface area contributed by atoms with Crippen LogP contribution < -0.4 is 0 Å². The molecule has 0 unspecified atom stereocenters. The van der Waals surface area contributed by atoms with E-state index in [1.807, 2.05) is 0 Å². The Morgan fingerprint density at radius 3 is 1.87 bits per heavy atom. The smallest absolute Gasteiger partial charge is 0.327 e. The van der Waals surface area contributed by atoms with Gasteiger partial charge < -0.3 is 24.0 Å². The topological polar surface area (TPSA) is 119 Å². The molecule has 0 saturated carbocycles. The number of hydrogen-bond donors (Lipinski definition) is 2. The molecule has 0 amide bonds. The van der Waals surface area contributed by atoms with Gasteiger partial charge >= 0.3 is 19.5 Å². The Bertz CT molecular complexity index is 491. The Kier molecular flexibility index (Phi) is 18.2. The Morgan fingerprint density at radius 1 is 0.800 bits per heavy atom. The summed E-state index contributed by atoms with van der Waals surface area (Å²) in [5.74, 6) is -0.729. The van der Waals surface area contributed by atoms with E-state index in [2.05, 4.69) is 13.8 Å². The zero-order valence-electron chi connectivity index (χ0n) is 18.7. The van der Waals surface area contributed by atoms with Crippen molar-refractivity contribution in [2.75, 3.05) is 26.0 Å². The molecule has 0 aromatic heterocycles. The van der Waals surface area contributed by atoms with E-state index in [4.69, 9.17) is 24.0 Å². The van der Waals surface area contributed by atoms with Gasteiger partial charge in [0.15, 0.2) is 6.10 Å². The monoisotopic (exact) mass is 452 g/mol. The average molecular weight is 453 g/mol. The third kappa shape index (κ3) is 20.3. The summed E-state index contributed by atoms with van der Waals surface area (Å²) in [6, 6.07) is 0. The highest BCUT2D eigenvalue weighted by Gasteiger charge is 2.19. The number of rotatable bonds is 20. The van der Waals surface area contributed by atoms with Gasteiger partial charge in [-0.3, -0.25) is 14.2 Å². The van der Waals surface area contributed by atoms with Crippen LogP contribution in [-0.4, -0.2) is 53.8 Å². The molecule has 0 spiro atoms. The number of carbonyl (C=O) groups excluding carboxylic acids is 2. The minimum atomic E-state index is -4.15. The van der Waals surface area contributed by atoms with Crippen molar-refractivity contribution in [3.8, 4) is 0 Å². The molecule has 0 bridgehead atoms. The van der Waals surface area contributed by atoms with Crippen LogP contribution in [0.4, 0.5) is 0 Å². The fourth-order valence-electron chi connectivity index (χ4n) is 2.76. The number of unbranched alkanes of at least 4 members (excludes halogenated alkanes) is 8. The second-order valence-electron chi connectivity index (χ2n) is 7.59. The lowest BCUT2D eigenvalue weighted by Gasteiger charge is -2.18. The third-order valence-electron chi connectivity index (χ3n) is 4.53.